The number of rotatable bonds is 4. The summed E-state index contributed by atoms with van der Waals surface area (Å²) in [5, 5.41) is 3.49. The Balaban J connectivity index is 2.90. The molecule has 0 aromatic heterocycles. The van der Waals surface area contributed by atoms with Crippen LogP contribution in [0.3, 0.4) is 0 Å². The molecule has 0 bridgehead atoms. The quantitative estimate of drug-likeness (QED) is 0.338. The molecular weight excluding hydrogens is 266 g/mol. The summed E-state index contributed by atoms with van der Waals surface area (Å²) in [6, 6.07) is 0. The first-order valence-electron chi connectivity index (χ1n) is 6.37. The maximum absolute atomic E-state index is 11.2. The van der Waals surface area contributed by atoms with Crippen molar-refractivity contribution >= 4 is 11.9 Å². The van der Waals surface area contributed by atoms with E-state index in [0.717, 1.165) is 0 Å². The zero-order chi connectivity index (χ0) is 15.3. The van der Waals surface area contributed by atoms with Crippen LogP contribution in [0.25, 0.3) is 10.4 Å². The lowest BCUT2D eigenvalue weighted by Gasteiger charge is -2.42. The fraction of sp³-hybridized carbons (Fsp3) is 0.833. The molecule has 0 amide bonds. The summed E-state index contributed by atoms with van der Waals surface area (Å²) in [6.07, 6.45) is -2.05. The first-order chi connectivity index (χ1) is 9.36. The van der Waals surface area contributed by atoms with Crippen molar-refractivity contribution in [3.8, 4) is 0 Å². The highest BCUT2D eigenvalue weighted by Crippen LogP contribution is 2.33. The van der Waals surface area contributed by atoms with E-state index in [2.05, 4.69) is 10.0 Å². The van der Waals surface area contributed by atoms with Gasteiger partial charge in [0.2, 0.25) is 6.29 Å². The van der Waals surface area contributed by atoms with Crippen LogP contribution in [0.15, 0.2) is 5.11 Å². The molecule has 0 N–H and O–H groups in total. The third kappa shape index (κ3) is 4.11. The van der Waals surface area contributed by atoms with E-state index in [0.29, 0.717) is 0 Å². The summed E-state index contributed by atoms with van der Waals surface area (Å²) < 4.78 is 15.9. The molecule has 1 saturated heterocycles. The second-order valence-electron chi connectivity index (χ2n) is 4.86. The predicted octanol–water partition coefficient (Wildman–Crippen LogP) is 1.79. The Labute approximate surface area is 117 Å². The largest absolute Gasteiger partial charge is 0.456 e. The summed E-state index contributed by atoms with van der Waals surface area (Å²) in [4.78, 5) is 25.0. The van der Waals surface area contributed by atoms with Crippen molar-refractivity contribution in [1.82, 2.24) is 0 Å². The molecule has 20 heavy (non-hydrogen) atoms. The maximum Gasteiger partial charge on any atom is 0.305 e. The number of carbonyl (C=O) groups excluding carboxylic acids is 2. The van der Waals surface area contributed by atoms with Crippen LogP contribution < -0.4 is 0 Å². The highest BCUT2D eigenvalue weighted by Gasteiger charge is 2.44. The Bertz CT molecular complexity index is 421. The molecule has 0 saturated carbocycles. The molecule has 1 fully saturated rings. The fourth-order valence-electron chi connectivity index (χ4n) is 2.20. The van der Waals surface area contributed by atoms with Gasteiger partial charge in [-0.3, -0.25) is 9.59 Å². The van der Waals surface area contributed by atoms with Gasteiger partial charge in [0.05, 0.1) is 12.6 Å². The van der Waals surface area contributed by atoms with Crippen LogP contribution in [-0.4, -0.2) is 37.0 Å². The Kier molecular flexibility index (Phi) is 5.79. The molecular formula is C12H19N3O5. The molecule has 0 radical (unpaired) electrons. The summed E-state index contributed by atoms with van der Waals surface area (Å²) in [6.45, 7) is 6.45. The van der Waals surface area contributed by atoms with E-state index in [4.69, 9.17) is 19.7 Å². The molecule has 0 aromatic carbocycles. The number of esters is 2. The molecule has 8 heteroatoms. The maximum atomic E-state index is 11.2. The van der Waals surface area contributed by atoms with Crippen molar-refractivity contribution in [2.24, 2.45) is 17.0 Å². The zero-order valence-electron chi connectivity index (χ0n) is 12.0. The molecule has 112 valence electrons. The lowest BCUT2D eigenvalue weighted by atomic mass is 9.83. The minimum absolute atomic E-state index is 0.0170. The minimum atomic E-state index is -0.985. The summed E-state index contributed by atoms with van der Waals surface area (Å²) in [5.41, 5.74) is 8.38. The van der Waals surface area contributed by atoms with Gasteiger partial charge in [0.25, 0.3) is 0 Å². The third-order valence-corrected chi connectivity index (χ3v) is 3.42. The van der Waals surface area contributed by atoms with Crippen molar-refractivity contribution in [1.29, 1.82) is 0 Å². The number of nitrogens with zero attached hydrogens (tertiary/aromatic N) is 3. The summed E-state index contributed by atoms with van der Waals surface area (Å²) in [7, 11) is 0. The average Bonchev–Trinajstić information content (AvgIpc) is 2.35. The Hall–Kier alpha value is -1.79. The van der Waals surface area contributed by atoms with Gasteiger partial charge in [-0.2, -0.15) is 0 Å². The van der Waals surface area contributed by atoms with Crippen LogP contribution in [0, 0.1) is 11.8 Å². The molecule has 8 nitrogen and oxygen atoms in total. The molecule has 1 rings (SSSR count). The SMILES string of the molecule is CC(=O)O[C@H]1OC(CN=[N+]=[N-])[C@@H](C)C(C)[C@@H]1OC(C)=O. The highest BCUT2D eigenvalue weighted by molar-refractivity contribution is 5.67. The summed E-state index contributed by atoms with van der Waals surface area (Å²) in [5.74, 6) is -1.12. The molecule has 0 spiro atoms. The van der Waals surface area contributed by atoms with Crippen LogP contribution >= 0.6 is 0 Å². The van der Waals surface area contributed by atoms with Crippen LogP contribution in [0.5, 0.6) is 0 Å². The van der Waals surface area contributed by atoms with E-state index in [1.54, 1.807) is 0 Å². The van der Waals surface area contributed by atoms with Crippen LogP contribution in [0.4, 0.5) is 0 Å². The van der Waals surface area contributed by atoms with Crippen LogP contribution in [0.1, 0.15) is 27.7 Å². The van der Waals surface area contributed by atoms with Crippen molar-refractivity contribution in [3.63, 3.8) is 0 Å². The van der Waals surface area contributed by atoms with Gasteiger partial charge >= 0.3 is 11.9 Å². The molecule has 5 atom stereocenters. The fourth-order valence-corrected chi connectivity index (χ4v) is 2.20. The number of azide groups is 1. The van der Waals surface area contributed by atoms with Crippen molar-refractivity contribution in [2.75, 3.05) is 6.54 Å². The van der Waals surface area contributed by atoms with Gasteiger partial charge < -0.3 is 14.2 Å². The molecule has 0 aliphatic carbocycles. The van der Waals surface area contributed by atoms with Crippen LogP contribution in [-0.2, 0) is 23.8 Å². The molecule has 1 aliphatic rings. The standard InChI is InChI=1S/C12H19N3O5/c1-6-7(2)11(18-8(3)16)12(19-9(4)17)20-10(6)5-14-15-13/h6-7,10-12H,5H2,1-4H3/t6-,7?,10?,11-,12-/m0/s1. The van der Waals surface area contributed by atoms with E-state index in [1.807, 2.05) is 13.8 Å². The zero-order valence-corrected chi connectivity index (χ0v) is 12.0. The Morgan fingerprint density at radius 3 is 2.30 bits per heavy atom. The number of carbonyl (C=O) groups is 2. The molecule has 2 unspecified atom stereocenters. The highest BCUT2D eigenvalue weighted by atomic mass is 16.7. The lowest BCUT2D eigenvalue weighted by Crippen LogP contribution is -2.53. The van der Waals surface area contributed by atoms with E-state index < -0.39 is 30.4 Å². The normalized spacial score (nSPS) is 32.9. The first-order valence-corrected chi connectivity index (χ1v) is 6.37. The third-order valence-electron chi connectivity index (χ3n) is 3.42. The Morgan fingerprint density at radius 2 is 1.80 bits per heavy atom. The smallest absolute Gasteiger partial charge is 0.305 e. The van der Waals surface area contributed by atoms with Gasteiger partial charge in [-0.05, 0) is 11.4 Å². The van der Waals surface area contributed by atoms with E-state index in [-0.39, 0.29) is 18.4 Å². The van der Waals surface area contributed by atoms with E-state index >= 15 is 0 Å². The summed E-state index contributed by atoms with van der Waals surface area (Å²) >= 11 is 0. The Morgan fingerprint density at radius 1 is 1.20 bits per heavy atom. The molecule has 1 aliphatic heterocycles. The van der Waals surface area contributed by atoms with Gasteiger partial charge in [-0.15, -0.1) is 0 Å². The minimum Gasteiger partial charge on any atom is -0.456 e. The van der Waals surface area contributed by atoms with Gasteiger partial charge in [0.1, 0.15) is 0 Å². The average molecular weight is 285 g/mol. The molecule has 1 heterocycles. The monoisotopic (exact) mass is 285 g/mol. The van der Waals surface area contributed by atoms with Gasteiger partial charge in [-0.25, -0.2) is 0 Å². The first kappa shape index (κ1) is 16.3. The number of hydrogen-bond donors (Lipinski definition) is 0. The van der Waals surface area contributed by atoms with E-state index in [9.17, 15) is 9.59 Å². The van der Waals surface area contributed by atoms with Crippen LogP contribution in [0.2, 0.25) is 0 Å². The number of ether oxygens (including phenoxy) is 3. The van der Waals surface area contributed by atoms with Crippen molar-refractivity contribution < 1.29 is 23.8 Å². The second kappa shape index (κ2) is 7.12. The van der Waals surface area contributed by atoms with Gasteiger partial charge in [0, 0.05) is 24.7 Å². The van der Waals surface area contributed by atoms with Crippen molar-refractivity contribution in [2.45, 2.75) is 46.2 Å². The lowest BCUT2D eigenvalue weighted by molar-refractivity contribution is -0.264. The van der Waals surface area contributed by atoms with Gasteiger partial charge in [-0.1, -0.05) is 19.0 Å². The second-order valence-corrected chi connectivity index (χ2v) is 4.86. The van der Waals surface area contributed by atoms with Crippen molar-refractivity contribution in [3.05, 3.63) is 10.4 Å². The van der Waals surface area contributed by atoms with E-state index in [1.165, 1.54) is 13.8 Å². The predicted molar refractivity (Wildman–Crippen MR) is 68.3 cm³/mol. The molecule has 0 aromatic rings. The number of hydrogen-bond acceptors (Lipinski definition) is 6. The topological polar surface area (TPSA) is 111 Å². The van der Waals surface area contributed by atoms with Gasteiger partial charge in [0.15, 0.2) is 6.10 Å².